The van der Waals surface area contributed by atoms with Crippen LogP contribution in [-0.2, 0) is 11.2 Å². The molecule has 25 heavy (non-hydrogen) atoms. The Hall–Kier alpha value is -1.65. The molecule has 0 amide bonds. The van der Waals surface area contributed by atoms with Gasteiger partial charge in [0.2, 0.25) is 0 Å². The molecule has 4 nitrogen and oxygen atoms in total. The minimum Gasteiger partial charge on any atom is -0.512 e. The second-order valence-corrected chi connectivity index (χ2v) is 7.02. The first-order valence-electron chi connectivity index (χ1n) is 9.40. The summed E-state index contributed by atoms with van der Waals surface area (Å²) in [6, 6.07) is 10.5. The van der Waals surface area contributed by atoms with Crippen molar-refractivity contribution >= 4 is 5.78 Å². The fraction of sp³-hybridized carbons (Fsp3) is 0.571. The molecule has 1 aliphatic carbocycles. The van der Waals surface area contributed by atoms with E-state index in [0.717, 1.165) is 25.7 Å². The van der Waals surface area contributed by atoms with E-state index in [9.17, 15) is 20.1 Å². The zero-order valence-electron chi connectivity index (χ0n) is 14.8. The third-order valence-electron chi connectivity index (χ3n) is 4.92. The second-order valence-electron chi connectivity index (χ2n) is 7.02. The van der Waals surface area contributed by atoms with E-state index in [0.29, 0.717) is 6.42 Å². The first kappa shape index (κ1) is 19.7. The number of aryl methyl sites for hydroxylation is 1. The molecule has 138 valence electrons. The van der Waals surface area contributed by atoms with Gasteiger partial charge in [0.15, 0.2) is 0 Å². The molecule has 0 aliphatic heterocycles. The summed E-state index contributed by atoms with van der Waals surface area (Å²) < 4.78 is 0. The minimum absolute atomic E-state index is 0.0421. The fourth-order valence-electron chi connectivity index (χ4n) is 3.49. The van der Waals surface area contributed by atoms with E-state index in [1.807, 2.05) is 6.07 Å². The van der Waals surface area contributed by atoms with Crippen molar-refractivity contribution in [3.63, 3.8) is 0 Å². The van der Waals surface area contributed by atoms with E-state index < -0.39 is 18.1 Å². The van der Waals surface area contributed by atoms with Crippen molar-refractivity contribution in [1.82, 2.24) is 0 Å². The van der Waals surface area contributed by atoms with E-state index in [-0.39, 0.29) is 18.0 Å². The van der Waals surface area contributed by atoms with Crippen LogP contribution in [0, 0.1) is 5.92 Å². The summed E-state index contributed by atoms with van der Waals surface area (Å²) in [5.41, 5.74) is 1.39. The van der Waals surface area contributed by atoms with Crippen LogP contribution in [0.3, 0.4) is 0 Å². The van der Waals surface area contributed by atoms with E-state index in [1.54, 1.807) is 0 Å². The van der Waals surface area contributed by atoms with Crippen molar-refractivity contribution in [2.45, 2.75) is 70.0 Å². The highest BCUT2D eigenvalue weighted by atomic mass is 16.3. The number of aliphatic hydroxyl groups excluding tert-OH is 3. The molecular formula is C21H30O4. The largest absolute Gasteiger partial charge is 0.512 e. The van der Waals surface area contributed by atoms with Gasteiger partial charge in [-0.1, -0.05) is 56.0 Å². The fourth-order valence-corrected chi connectivity index (χ4v) is 3.49. The van der Waals surface area contributed by atoms with Crippen LogP contribution in [0.4, 0.5) is 0 Å². The van der Waals surface area contributed by atoms with Crippen LogP contribution in [0.2, 0.25) is 0 Å². The Morgan fingerprint density at radius 1 is 0.960 bits per heavy atom. The molecule has 0 saturated heterocycles. The molecule has 1 aromatic carbocycles. The zero-order chi connectivity index (χ0) is 18.1. The van der Waals surface area contributed by atoms with Gasteiger partial charge in [0.25, 0.3) is 0 Å². The maximum absolute atomic E-state index is 12.2. The zero-order valence-corrected chi connectivity index (χ0v) is 14.8. The lowest BCUT2D eigenvalue weighted by atomic mass is 9.83. The summed E-state index contributed by atoms with van der Waals surface area (Å²) in [5, 5.41) is 29.1. The van der Waals surface area contributed by atoms with Crippen molar-refractivity contribution in [3.8, 4) is 0 Å². The number of carbonyl (C=O) groups is 1. The van der Waals surface area contributed by atoms with Crippen molar-refractivity contribution in [1.29, 1.82) is 0 Å². The van der Waals surface area contributed by atoms with Crippen molar-refractivity contribution in [2.75, 3.05) is 0 Å². The normalized spacial score (nSPS) is 23.3. The number of rotatable bonds is 10. The van der Waals surface area contributed by atoms with Gasteiger partial charge in [0.05, 0.1) is 23.9 Å². The molecule has 0 heterocycles. The van der Waals surface area contributed by atoms with E-state index in [2.05, 4.69) is 24.3 Å². The van der Waals surface area contributed by atoms with Gasteiger partial charge < -0.3 is 15.3 Å². The van der Waals surface area contributed by atoms with Crippen LogP contribution in [0.5, 0.6) is 0 Å². The Labute approximate surface area is 150 Å². The molecular weight excluding hydrogens is 316 g/mol. The van der Waals surface area contributed by atoms with E-state index >= 15 is 0 Å². The van der Waals surface area contributed by atoms with E-state index in [4.69, 9.17) is 0 Å². The molecule has 0 fully saturated rings. The molecule has 1 aliphatic rings. The van der Waals surface area contributed by atoms with Crippen LogP contribution in [0.15, 0.2) is 42.2 Å². The standard InChI is InChI=1S/C21H30O4/c22-17-14-19(24)21(20(25)15-17)18(23)13-9-4-2-1-3-6-10-16-11-7-5-8-12-16/h5,7-8,11-12,14,19-22,24-25H,1-4,6,9-10,13,15H2. The number of carbonyl (C=O) groups excluding carboxylic acids is 1. The molecule has 3 atom stereocenters. The lowest BCUT2D eigenvalue weighted by Gasteiger charge is -2.28. The Kier molecular flexibility index (Phi) is 8.16. The average Bonchev–Trinajstić information content (AvgIpc) is 2.57. The lowest BCUT2D eigenvalue weighted by Crippen LogP contribution is -2.40. The number of unbranched alkanes of at least 4 members (excludes halogenated alkanes) is 5. The summed E-state index contributed by atoms with van der Waals surface area (Å²) in [5.74, 6) is -0.936. The molecule has 0 bridgehead atoms. The van der Waals surface area contributed by atoms with Gasteiger partial charge in [-0.2, -0.15) is 0 Å². The lowest BCUT2D eigenvalue weighted by molar-refractivity contribution is -0.131. The van der Waals surface area contributed by atoms with E-state index in [1.165, 1.54) is 30.9 Å². The highest BCUT2D eigenvalue weighted by Gasteiger charge is 2.35. The SMILES string of the molecule is O=C(CCCCCCCCc1ccccc1)C1C(O)C=C(O)CC1O. The van der Waals surface area contributed by atoms with Crippen LogP contribution >= 0.6 is 0 Å². The van der Waals surface area contributed by atoms with Gasteiger partial charge in [-0.25, -0.2) is 0 Å². The summed E-state index contributed by atoms with van der Waals surface area (Å²) in [6.07, 6.45) is 7.24. The van der Waals surface area contributed by atoms with Crippen LogP contribution in [-0.4, -0.2) is 33.3 Å². The minimum atomic E-state index is -1.07. The predicted octanol–water partition coefficient (Wildman–Crippen LogP) is 3.71. The van der Waals surface area contributed by atoms with Gasteiger partial charge in [-0.3, -0.25) is 4.79 Å². The third-order valence-corrected chi connectivity index (χ3v) is 4.92. The maximum Gasteiger partial charge on any atom is 0.141 e. The highest BCUT2D eigenvalue weighted by Crippen LogP contribution is 2.26. The van der Waals surface area contributed by atoms with Gasteiger partial charge in [-0.05, 0) is 30.9 Å². The van der Waals surface area contributed by atoms with Gasteiger partial charge in [0.1, 0.15) is 5.78 Å². The molecule has 0 radical (unpaired) electrons. The Bertz CT molecular complexity index is 552. The number of hydrogen-bond donors (Lipinski definition) is 3. The second kappa shape index (κ2) is 10.4. The van der Waals surface area contributed by atoms with Crippen LogP contribution in [0.25, 0.3) is 0 Å². The maximum atomic E-state index is 12.2. The Morgan fingerprint density at radius 2 is 1.60 bits per heavy atom. The van der Waals surface area contributed by atoms with Crippen LogP contribution in [0.1, 0.15) is 56.9 Å². The molecule has 0 saturated carbocycles. The average molecular weight is 346 g/mol. The molecule has 4 heteroatoms. The smallest absolute Gasteiger partial charge is 0.141 e. The number of benzene rings is 1. The summed E-state index contributed by atoms with van der Waals surface area (Å²) in [4.78, 5) is 12.2. The quantitative estimate of drug-likeness (QED) is 0.564. The molecule has 3 unspecified atom stereocenters. The summed E-state index contributed by atoms with van der Waals surface area (Å²) >= 11 is 0. The van der Waals surface area contributed by atoms with Gasteiger partial charge >= 0.3 is 0 Å². The third kappa shape index (κ3) is 6.63. The van der Waals surface area contributed by atoms with Crippen LogP contribution < -0.4 is 0 Å². The van der Waals surface area contributed by atoms with Crippen molar-refractivity contribution in [2.24, 2.45) is 5.92 Å². The van der Waals surface area contributed by atoms with Gasteiger partial charge in [0, 0.05) is 12.8 Å². The monoisotopic (exact) mass is 346 g/mol. The number of Topliss-reactive ketones (excluding diaryl/α,β-unsaturated/α-hetero) is 1. The first-order chi connectivity index (χ1) is 12.1. The molecule has 3 N–H and O–H groups in total. The van der Waals surface area contributed by atoms with Crippen molar-refractivity contribution < 1.29 is 20.1 Å². The summed E-state index contributed by atoms with van der Waals surface area (Å²) in [7, 11) is 0. The summed E-state index contributed by atoms with van der Waals surface area (Å²) in [6.45, 7) is 0. The van der Waals surface area contributed by atoms with Gasteiger partial charge in [-0.15, -0.1) is 0 Å². The van der Waals surface area contributed by atoms with Crippen molar-refractivity contribution in [3.05, 3.63) is 47.7 Å². The molecule has 1 aromatic rings. The Balaban J connectivity index is 1.53. The number of ketones is 1. The number of hydrogen-bond acceptors (Lipinski definition) is 4. The molecule has 0 aromatic heterocycles. The topological polar surface area (TPSA) is 77.8 Å². The Morgan fingerprint density at radius 3 is 2.28 bits per heavy atom. The molecule has 0 spiro atoms. The highest BCUT2D eigenvalue weighted by molar-refractivity contribution is 5.82. The first-order valence-corrected chi connectivity index (χ1v) is 9.40. The molecule has 2 rings (SSSR count). The predicted molar refractivity (Wildman–Crippen MR) is 98.3 cm³/mol. The number of aliphatic hydroxyl groups is 3.